The highest BCUT2D eigenvalue weighted by Gasteiger charge is 2.09. The standard InChI is InChI=1S/C9H7ClO3/c1-5(11)6-2-3-7(9(12)13)8(10)4-6/h2-4H,1H3,(H,12,13). The minimum absolute atomic E-state index is 0.00617. The molecule has 0 radical (unpaired) electrons. The summed E-state index contributed by atoms with van der Waals surface area (Å²) in [5.41, 5.74) is 0.418. The van der Waals surface area contributed by atoms with Crippen molar-refractivity contribution in [1.82, 2.24) is 0 Å². The lowest BCUT2D eigenvalue weighted by Crippen LogP contribution is -1.99. The number of rotatable bonds is 2. The van der Waals surface area contributed by atoms with Crippen LogP contribution in [0, 0.1) is 0 Å². The molecule has 0 spiro atoms. The minimum atomic E-state index is -1.10. The first-order chi connectivity index (χ1) is 6.02. The molecule has 1 aromatic carbocycles. The van der Waals surface area contributed by atoms with Gasteiger partial charge in [0.05, 0.1) is 10.6 Å². The first kappa shape index (κ1) is 9.74. The molecule has 0 unspecified atom stereocenters. The third-order valence-electron chi connectivity index (χ3n) is 1.61. The number of carboxylic acid groups (broad SMARTS) is 1. The molecule has 3 nitrogen and oxygen atoms in total. The van der Waals surface area contributed by atoms with Crippen LogP contribution in [0.2, 0.25) is 5.02 Å². The summed E-state index contributed by atoms with van der Waals surface area (Å²) in [5, 5.41) is 8.71. The molecule has 1 N–H and O–H groups in total. The van der Waals surface area contributed by atoms with Crippen molar-refractivity contribution in [3.8, 4) is 0 Å². The number of ketones is 1. The predicted octanol–water partition coefficient (Wildman–Crippen LogP) is 2.24. The number of carbonyl (C=O) groups excluding carboxylic acids is 1. The van der Waals surface area contributed by atoms with Gasteiger partial charge in [0.1, 0.15) is 0 Å². The highest BCUT2D eigenvalue weighted by atomic mass is 35.5. The average molecular weight is 199 g/mol. The molecular formula is C9H7ClO3. The van der Waals surface area contributed by atoms with Crippen molar-refractivity contribution < 1.29 is 14.7 Å². The Morgan fingerprint density at radius 1 is 1.38 bits per heavy atom. The molecule has 0 aliphatic carbocycles. The van der Waals surface area contributed by atoms with Crippen LogP contribution in [0.3, 0.4) is 0 Å². The van der Waals surface area contributed by atoms with Crippen molar-refractivity contribution in [3.05, 3.63) is 34.3 Å². The zero-order valence-corrected chi connectivity index (χ0v) is 7.63. The van der Waals surface area contributed by atoms with Gasteiger partial charge in [-0.25, -0.2) is 4.79 Å². The van der Waals surface area contributed by atoms with Crippen LogP contribution in [-0.2, 0) is 0 Å². The maximum atomic E-state index is 10.9. The van der Waals surface area contributed by atoms with Crippen LogP contribution in [0.4, 0.5) is 0 Å². The fraction of sp³-hybridized carbons (Fsp3) is 0.111. The molecule has 0 aliphatic heterocycles. The molecule has 0 amide bonds. The van der Waals surface area contributed by atoms with Crippen LogP contribution in [-0.4, -0.2) is 16.9 Å². The number of benzene rings is 1. The largest absolute Gasteiger partial charge is 0.478 e. The summed E-state index contributed by atoms with van der Waals surface area (Å²) in [4.78, 5) is 21.4. The van der Waals surface area contributed by atoms with Gasteiger partial charge >= 0.3 is 5.97 Å². The molecule has 0 bridgehead atoms. The van der Waals surface area contributed by atoms with Gasteiger partial charge in [-0.05, 0) is 19.1 Å². The Balaban J connectivity index is 3.20. The number of Topliss-reactive ketones (excluding diaryl/α,β-unsaturated/α-hetero) is 1. The van der Waals surface area contributed by atoms with Crippen LogP contribution in [0.5, 0.6) is 0 Å². The highest BCUT2D eigenvalue weighted by Crippen LogP contribution is 2.17. The molecular weight excluding hydrogens is 192 g/mol. The summed E-state index contributed by atoms with van der Waals surface area (Å²) in [6, 6.07) is 4.12. The molecule has 0 fully saturated rings. The molecule has 4 heteroatoms. The summed E-state index contributed by atoms with van der Waals surface area (Å²) in [5.74, 6) is -1.24. The number of hydrogen-bond donors (Lipinski definition) is 1. The lowest BCUT2D eigenvalue weighted by molar-refractivity contribution is 0.0696. The number of halogens is 1. The lowest BCUT2D eigenvalue weighted by Gasteiger charge is -2.00. The maximum Gasteiger partial charge on any atom is 0.337 e. The molecule has 0 saturated heterocycles. The summed E-state index contributed by atoms with van der Waals surface area (Å²) in [6.07, 6.45) is 0. The Hall–Kier alpha value is -1.35. The van der Waals surface area contributed by atoms with E-state index in [0.29, 0.717) is 5.56 Å². The van der Waals surface area contributed by atoms with Gasteiger partial charge in [0.2, 0.25) is 0 Å². The molecule has 68 valence electrons. The molecule has 0 atom stereocenters. The molecule has 1 aromatic rings. The number of carbonyl (C=O) groups is 2. The van der Waals surface area contributed by atoms with Gasteiger partial charge in [0.25, 0.3) is 0 Å². The second kappa shape index (κ2) is 3.58. The third kappa shape index (κ3) is 2.06. The first-order valence-electron chi connectivity index (χ1n) is 3.56. The van der Waals surface area contributed by atoms with Crippen molar-refractivity contribution in [2.75, 3.05) is 0 Å². The molecule has 0 aromatic heterocycles. The highest BCUT2D eigenvalue weighted by molar-refractivity contribution is 6.33. The van der Waals surface area contributed by atoms with E-state index in [-0.39, 0.29) is 16.4 Å². The number of hydrogen-bond acceptors (Lipinski definition) is 2. The lowest BCUT2D eigenvalue weighted by atomic mass is 10.1. The second-order valence-electron chi connectivity index (χ2n) is 2.56. The zero-order chi connectivity index (χ0) is 10.0. The summed E-state index contributed by atoms with van der Waals surface area (Å²) < 4.78 is 0. The van der Waals surface area contributed by atoms with Crippen molar-refractivity contribution in [1.29, 1.82) is 0 Å². The van der Waals surface area contributed by atoms with E-state index in [2.05, 4.69) is 0 Å². The van der Waals surface area contributed by atoms with E-state index in [1.807, 2.05) is 0 Å². The monoisotopic (exact) mass is 198 g/mol. The van der Waals surface area contributed by atoms with Gasteiger partial charge in [0, 0.05) is 5.56 Å². The normalized spacial score (nSPS) is 9.69. The zero-order valence-electron chi connectivity index (χ0n) is 6.87. The van der Waals surface area contributed by atoms with Crippen LogP contribution in [0.1, 0.15) is 27.6 Å². The van der Waals surface area contributed by atoms with E-state index in [4.69, 9.17) is 16.7 Å². The van der Waals surface area contributed by atoms with Gasteiger partial charge < -0.3 is 5.11 Å². The van der Waals surface area contributed by atoms with Crippen LogP contribution >= 0.6 is 11.6 Å². The van der Waals surface area contributed by atoms with E-state index in [9.17, 15) is 9.59 Å². The first-order valence-corrected chi connectivity index (χ1v) is 3.94. The topological polar surface area (TPSA) is 54.4 Å². The van der Waals surface area contributed by atoms with Crippen LogP contribution in [0.15, 0.2) is 18.2 Å². The smallest absolute Gasteiger partial charge is 0.337 e. The predicted molar refractivity (Wildman–Crippen MR) is 48.4 cm³/mol. The van der Waals surface area contributed by atoms with E-state index in [1.54, 1.807) is 0 Å². The molecule has 0 saturated carbocycles. The quantitative estimate of drug-likeness (QED) is 0.742. The second-order valence-corrected chi connectivity index (χ2v) is 2.96. The molecule has 13 heavy (non-hydrogen) atoms. The Labute approximate surface area is 79.9 Å². The van der Waals surface area contributed by atoms with E-state index in [1.165, 1.54) is 25.1 Å². The molecule has 0 aliphatic rings. The number of aromatic carboxylic acids is 1. The van der Waals surface area contributed by atoms with Gasteiger partial charge in [0.15, 0.2) is 5.78 Å². The van der Waals surface area contributed by atoms with Gasteiger partial charge in [-0.15, -0.1) is 0 Å². The maximum absolute atomic E-state index is 10.9. The van der Waals surface area contributed by atoms with Crippen molar-refractivity contribution in [3.63, 3.8) is 0 Å². The van der Waals surface area contributed by atoms with Gasteiger partial charge in [-0.2, -0.15) is 0 Å². The third-order valence-corrected chi connectivity index (χ3v) is 1.92. The van der Waals surface area contributed by atoms with E-state index in [0.717, 1.165) is 0 Å². The van der Waals surface area contributed by atoms with Crippen molar-refractivity contribution in [2.45, 2.75) is 6.92 Å². The Morgan fingerprint density at radius 3 is 2.38 bits per heavy atom. The Morgan fingerprint density at radius 2 is 2.00 bits per heavy atom. The average Bonchev–Trinajstić information content (AvgIpc) is 2.03. The Kier molecular flexibility index (Phi) is 2.68. The van der Waals surface area contributed by atoms with Crippen molar-refractivity contribution >= 4 is 23.4 Å². The number of carboxylic acids is 1. The van der Waals surface area contributed by atoms with Crippen molar-refractivity contribution in [2.24, 2.45) is 0 Å². The van der Waals surface area contributed by atoms with E-state index >= 15 is 0 Å². The fourth-order valence-electron chi connectivity index (χ4n) is 0.908. The van der Waals surface area contributed by atoms with Crippen LogP contribution in [0.25, 0.3) is 0 Å². The summed E-state index contributed by atoms with van der Waals surface area (Å²) >= 11 is 5.64. The Bertz CT molecular complexity index is 371. The van der Waals surface area contributed by atoms with Gasteiger partial charge in [-0.3, -0.25) is 4.79 Å². The fourth-order valence-corrected chi connectivity index (χ4v) is 1.17. The molecule has 0 heterocycles. The van der Waals surface area contributed by atoms with Gasteiger partial charge in [-0.1, -0.05) is 17.7 Å². The minimum Gasteiger partial charge on any atom is -0.478 e. The molecule has 1 rings (SSSR count). The summed E-state index contributed by atoms with van der Waals surface area (Å²) in [7, 11) is 0. The van der Waals surface area contributed by atoms with Crippen LogP contribution < -0.4 is 0 Å². The summed E-state index contributed by atoms with van der Waals surface area (Å²) in [6.45, 7) is 1.39. The van der Waals surface area contributed by atoms with E-state index < -0.39 is 5.97 Å². The SMILES string of the molecule is CC(=O)c1ccc(C(=O)O)c(Cl)c1.